The second-order valence-electron chi connectivity index (χ2n) is 4.06. The molecule has 1 heterocycles. The highest BCUT2D eigenvalue weighted by Crippen LogP contribution is 2.10. The van der Waals surface area contributed by atoms with E-state index in [1.54, 1.807) is 18.3 Å². The summed E-state index contributed by atoms with van der Waals surface area (Å²) in [6, 6.07) is 3.41. The van der Waals surface area contributed by atoms with Gasteiger partial charge in [0.2, 0.25) is 5.88 Å². The minimum atomic E-state index is 0.0418. The largest absolute Gasteiger partial charge is 0.478 e. The first-order valence-electron chi connectivity index (χ1n) is 6.17. The molecule has 0 amide bonds. The van der Waals surface area contributed by atoms with Gasteiger partial charge in [-0.15, -0.1) is 0 Å². The third-order valence-corrected chi connectivity index (χ3v) is 2.54. The summed E-state index contributed by atoms with van der Waals surface area (Å²) in [5.74, 6) is 0.591. The van der Waals surface area contributed by atoms with Crippen LogP contribution in [0.25, 0.3) is 0 Å². The zero-order chi connectivity index (χ0) is 12.5. The Morgan fingerprint density at radius 2 is 2.12 bits per heavy atom. The van der Waals surface area contributed by atoms with E-state index in [1.807, 2.05) is 0 Å². The van der Waals surface area contributed by atoms with E-state index in [0.717, 1.165) is 6.42 Å². The van der Waals surface area contributed by atoms with E-state index in [9.17, 15) is 0 Å². The van der Waals surface area contributed by atoms with Crippen molar-refractivity contribution in [2.45, 2.75) is 39.0 Å². The summed E-state index contributed by atoms with van der Waals surface area (Å²) in [7, 11) is 0. The Morgan fingerprint density at radius 3 is 2.82 bits per heavy atom. The molecular weight excluding hydrogens is 214 g/mol. The average molecular weight is 235 g/mol. The molecule has 3 N–H and O–H groups in total. The minimum Gasteiger partial charge on any atom is -0.478 e. The Hall–Kier alpha value is -1.58. The van der Waals surface area contributed by atoms with Gasteiger partial charge in [-0.3, -0.25) is 5.41 Å². The lowest BCUT2D eigenvalue weighted by molar-refractivity contribution is 0.293. The van der Waals surface area contributed by atoms with Crippen molar-refractivity contribution >= 4 is 5.84 Å². The molecule has 0 saturated heterocycles. The molecule has 0 aliphatic carbocycles. The van der Waals surface area contributed by atoms with Crippen LogP contribution in [0, 0.1) is 5.41 Å². The van der Waals surface area contributed by atoms with Gasteiger partial charge in [-0.25, -0.2) is 4.98 Å². The summed E-state index contributed by atoms with van der Waals surface area (Å²) in [5, 5.41) is 7.32. The van der Waals surface area contributed by atoms with Crippen LogP contribution in [0.4, 0.5) is 0 Å². The summed E-state index contributed by atoms with van der Waals surface area (Å²) in [6.45, 7) is 2.88. The second-order valence-corrected chi connectivity index (χ2v) is 4.06. The van der Waals surface area contributed by atoms with Gasteiger partial charge in [0, 0.05) is 17.8 Å². The van der Waals surface area contributed by atoms with Crippen LogP contribution in [0.15, 0.2) is 18.3 Å². The Balaban J connectivity index is 2.27. The highest BCUT2D eigenvalue weighted by atomic mass is 16.5. The van der Waals surface area contributed by atoms with E-state index in [4.69, 9.17) is 15.9 Å². The molecule has 0 radical (unpaired) electrons. The van der Waals surface area contributed by atoms with Crippen LogP contribution in [0.3, 0.4) is 0 Å². The van der Waals surface area contributed by atoms with Crippen LogP contribution in [-0.4, -0.2) is 17.4 Å². The third-order valence-electron chi connectivity index (χ3n) is 2.54. The minimum absolute atomic E-state index is 0.0418. The fourth-order valence-electron chi connectivity index (χ4n) is 1.54. The van der Waals surface area contributed by atoms with Crippen LogP contribution in [0.1, 0.15) is 44.6 Å². The van der Waals surface area contributed by atoms with Gasteiger partial charge in [-0.05, 0) is 12.5 Å². The standard InChI is InChI=1S/C13H21N3O/c1-2-3-4-5-6-9-17-12-10-11(13(14)15)7-8-16-12/h7-8,10H,2-6,9H2,1H3,(H3,14,15). The smallest absolute Gasteiger partial charge is 0.213 e. The first-order chi connectivity index (χ1) is 8.24. The molecule has 0 bridgehead atoms. The number of nitrogens with one attached hydrogen (secondary N) is 1. The Morgan fingerprint density at radius 1 is 1.35 bits per heavy atom. The van der Waals surface area contributed by atoms with Gasteiger partial charge in [0.05, 0.1) is 6.61 Å². The van der Waals surface area contributed by atoms with Gasteiger partial charge in [-0.1, -0.05) is 32.6 Å². The molecule has 0 aromatic carbocycles. The SMILES string of the molecule is CCCCCCCOc1cc(C(=N)N)ccn1. The normalized spacial score (nSPS) is 10.2. The van der Waals surface area contributed by atoms with E-state index in [2.05, 4.69) is 11.9 Å². The number of ether oxygens (including phenoxy) is 1. The molecule has 0 spiro atoms. The predicted octanol–water partition coefficient (Wildman–Crippen LogP) is 2.71. The molecule has 1 rings (SSSR count). The molecule has 94 valence electrons. The summed E-state index contributed by atoms with van der Waals surface area (Å²) < 4.78 is 5.51. The molecule has 0 fully saturated rings. The molecular formula is C13H21N3O. The zero-order valence-electron chi connectivity index (χ0n) is 10.4. The molecule has 0 aliphatic heterocycles. The van der Waals surface area contributed by atoms with Crippen molar-refractivity contribution in [3.63, 3.8) is 0 Å². The number of unbranched alkanes of at least 4 members (excludes halogenated alkanes) is 4. The highest BCUT2D eigenvalue weighted by Gasteiger charge is 2.00. The van der Waals surface area contributed by atoms with E-state index in [-0.39, 0.29) is 5.84 Å². The van der Waals surface area contributed by atoms with E-state index in [0.29, 0.717) is 18.1 Å². The van der Waals surface area contributed by atoms with Crippen LogP contribution in [0.2, 0.25) is 0 Å². The zero-order valence-corrected chi connectivity index (χ0v) is 10.4. The number of amidine groups is 1. The van der Waals surface area contributed by atoms with Crippen LogP contribution < -0.4 is 10.5 Å². The van der Waals surface area contributed by atoms with Crippen molar-refractivity contribution in [2.75, 3.05) is 6.61 Å². The first-order valence-corrected chi connectivity index (χ1v) is 6.17. The molecule has 17 heavy (non-hydrogen) atoms. The van der Waals surface area contributed by atoms with Gasteiger partial charge in [0.15, 0.2) is 0 Å². The third kappa shape index (κ3) is 5.33. The van der Waals surface area contributed by atoms with Crippen LogP contribution >= 0.6 is 0 Å². The topological polar surface area (TPSA) is 72.0 Å². The lowest BCUT2D eigenvalue weighted by atomic mass is 10.2. The molecule has 0 unspecified atom stereocenters. The summed E-state index contributed by atoms with van der Waals surface area (Å²) in [4.78, 5) is 4.08. The molecule has 4 nitrogen and oxygen atoms in total. The predicted molar refractivity (Wildman–Crippen MR) is 69.5 cm³/mol. The molecule has 1 aromatic heterocycles. The van der Waals surface area contributed by atoms with Gasteiger partial charge >= 0.3 is 0 Å². The fourth-order valence-corrected chi connectivity index (χ4v) is 1.54. The van der Waals surface area contributed by atoms with E-state index < -0.39 is 0 Å². The average Bonchev–Trinajstić information content (AvgIpc) is 2.34. The number of pyridine rings is 1. The maximum Gasteiger partial charge on any atom is 0.213 e. The van der Waals surface area contributed by atoms with Crippen molar-refractivity contribution in [1.82, 2.24) is 4.98 Å². The summed E-state index contributed by atoms with van der Waals surface area (Å²) >= 11 is 0. The van der Waals surface area contributed by atoms with Crippen molar-refractivity contribution in [3.8, 4) is 5.88 Å². The van der Waals surface area contributed by atoms with Crippen molar-refractivity contribution in [2.24, 2.45) is 5.73 Å². The van der Waals surface area contributed by atoms with Crippen LogP contribution in [0.5, 0.6) is 5.88 Å². The summed E-state index contributed by atoms with van der Waals surface area (Å²) in [5.41, 5.74) is 6.05. The number of hydrogen-bond acceptors (Lipinski definition) is 3. The van der Waals surface area contributed by atoms with E-state index >= 15 is 0 Å². The first kappa shape index (κ1) is 13.5. The van der Waals surface area contributed by atoms with Gasteiger partial charge in [0.1, 0.15) is 5.84 Å². The highest BCUT2D eigenvalue weighted by molar-refractivity contribution is 5.95. The number of nitrogens with zero attached hydrogens (tertiary/aromatic N) is 1. The molecule has 1 aromatic rings. The number of nitrogen functional groups attached to an aromatic ring is 1. The number of hydrogen-bond donors (Lipinski definition) is 2. The van der Waals surface area contributed by atoms with Gasteiger partial charge in [0.25, 0.3) is 0 Å². The Kier molecular flexibility index (Phi) is 6.07. The molecule has 0 atom stereocenters. The lowest BCUT2D eigenvalue weighted by Crippen LogP contribution is -2.11. The Bertz CT molecular complexity index is 352. The van der Waals surface area contributed by atoms with Gasteiger partial charge in [-0.2, -0.15) is 0 Å². The number of nitrogens with two attached hydrogens (primary N) is 1. The number of aromatic nitrogens is 1. The van der Waals surface area contributed by atoms with Gasteiger partial charge < -0.3 is 10.5 Å². The molecule has 4 heteroatoms. The lowest BCUT2D eigenvalue weighted by Gasteiger charge is -2.06. The van der Waals surface area contributed by atoms with E-state index in [1.165, 1.54) is 25.7 Å². The maximum atomic E-state index is 7.32. The quantitative estimate of drug-likeness (QED) is 0.413. The molecule has 0 saturated carbocycles. The maximum absolute atomic E-state index is 7.32. The van der Waals surface area contributed by atoms with Crippen LogP contribution in [-0.2, 0) is 0 Å². The van der Waals surface area contributed by atoms with Crippen molar-refractivity contribution < 1.29 is 4.74 Å². The Labute approximate surface area is 103 Å². The second kappa shape index (κ2) is 7.65. The number of rotatable bonds is 8. The molecule has 0 aliphatic rings. The summed E-state index contributed by atoms with van der Waals surface area (Å²) in [6.07, 6.45) is 7.66. The monoisotopic (exact) mass is 235 g/mol. The fraction of sp³-hybridized carbons (Fsp3) is 0.538. The van der Waals surface area contributed by atoms with Crippen molar-refractivity contribution in [1.29, 1.82) is 5.41 Å². The van der Waals surface area contributed by atoms with Crippen molar-refractivity contribution in [3.05, 3.63) is 23.9 Å².